The fraction of sp³-hybridized carbons (Fsp3) is 0.107. The fourth-order valence-electron chi connectivity index (χ4n) is 3.86. The highest BCUT2D eigenvalue weighted by Crippen LogP contribution is 2.47. The lowest BCUT2D eigenvalue weighted by Gasteiger charge is -2.36. The van der Waals surface area contributed by atoms with E-state index in [1.165, 1.54) is 19.1 Å². The van der Waals surface area contributed by atoms with E-state index < -0.39 is 10.8 Å². The zero-order valence-corrected chi connectivity index (χ0v) is 18.7. The van der Waals surface area contributed by atoms with Crippen molar-refractivity contribution in [1.82, 2.24) is 4.72 Å². The van der Waals surface area contributed by atoms with Crippen LogP contribution in [-0.2, 0) is 14.3 Å². The van der Waals surface area contributed by atoms with Gasteiger partial charge >= 0.3 is 5.97 Å². The van der Waals surface area contributed by atoms with Gasteiger partial charge in [0.2, 0.25) is 0 Å². The summed E-state index contributed by atoms with van der Waals surface area (Å²) in [4.78, 5) is 12.7. The molecular weight excluding hydrogens is 414 g/mol. The van der Waals surface area contributed by atoms with Gasteiger partial charge in [-0.05, 0) is 22.3 Å². The minimum Gasteiger partial charge on any atom is -0.468 e. The van der Waals surface area contributed by atoms with Crippen molar-refractivity contribution < 1.29 is 9.53 Å². The minimum absolute atomic E-state index is 0.327. The number of benzene rings is 4. The number of carbonyl (C=O) groups is 1. The molecule has 0 aliphatic heterocycles. The molecule has 0 aliphatic carbocycles. The van der Waals surface area contributed by atoms with Gasteiger partial charge in [-0.15, -0.1) is 0 Å². The van der Waals surface area contributed by atoms with Gasteiger partial charge in [0.05, 0.1) is 7.11 Å². The second kappa shape index (κ2) is 10.3. The molecule has 0 fully saturated rings. The molecule has 4 aromatic rings. The van der Waals surface area contributed by atoms with E-state index in [4.69, 9.17) is 4.74 Å². The second-order valence-corrected chi connectivity index (χ2v) is 8.42. The van der Waals surface area contributed by atoms with Crippen molar-refractivity contribution in [1.29, 1.82) is 0 Å². The van der Waals surface area contributed by atoms with Crippen LogP contribution in [0.15, 0.2) is 121 Å². The number of ether oxygens (including phenoxy) is 1. The predicted octanol–water partition coefficient (Wildman–Crippen LogP) is 6.13. The van der Waals surface area contributed by atoms with E-state index in [0.717, 1.165) is 22.3 Å². The third kappa shape index (κ3) is 4.47. The Balaban J connectivity index is 1.85. The first-order valence-electron chi connectivity index (χ1n) is 10.5. The van der Waals surface area contributed by atoms with Crippen LogP contribution in [0.2, 0.25) is 0 Å². The molecule has 0 bridgehead atoms. The van der Waals surface area contributed by atoms with Crippen LogP contribution in [0.3, 0.4) is 0 Å². The average Bonchev–Trinajstić information content (AvgIpc) is 2.88. The largest absolute Gasteiger partial charge is 0.468 e. The third-order valence-electron chi connectivity index (χ3n) is 5.44. The highest BCUT2D eigenvalue weighted by molar-refractivity contribution is 7.98. The molecule has 1 atom stereocenters. The highest BCUT2D eigenvalue weighted by Gasteiger charge is 2.39. The zero-order valence-electron chi connectivity index (χ0n) is 17.8. The van der Waals surface area contributed by atoms with Crippen LogP contribution in [-0.4, -0.2) is 13.1 Å². The van der Waals surface area contributed by atoms with Gasteiger partial charge in [-0.25, -0.2) is 9.52 Å². The zero-order chi connectivity index (χ0) is 22.2. The van der Waals surface area contributed by atoms with Crippen LogP contribution in [0, 0.1) is 0 Å². The molecule has 1 N–H and O–H groups in total. The van der Waals surface area contributed by atoms with Gasteiger partial charge in [0, 0.05) is 0 Å². The Hall–Kier alpha value is -3.34. The summed E-state index contributed by atoms with van der Waals surface area (Å²) >= 11 is 1.52. The molecule has 0 radical (unpaired) electrons. The Morgan fingerprint density at radius 2 is 1.06 bits per heavy atom. The van der Waals surface area contributed by atoms with Crippen LogP contribution in [0.25, 0.3) is 0 Å². The number of hydrogen-bond acceptors (Lipinski definition) is 4. The Labute approximate surface area is 193 Å². The number of hydrogen-bond donors (Lipinski definition) is 1. The maximum atomic E-state index is 12.7. The quantitative estimate of drug-likeness (QED) is 0.204. The summed E-state index contributed by atoms with van der Waals surface area (Å²) in [6.45, 7) is 0. The highest BCUT2D eigenvalue weighted by atomic mass is 32.2. The topological polar surface area (TPSA) is 38.3 Å². The van der Waals surface area contributed by atoms with E-state index in [0.29, 0.717) is 0 Å². The normalized spacial score (nSPS) is 12.2. The van der Waals surface area contributed by atoms with Crippen LogP contribution in [0.5, 0.6) is 0 Å². The molecule has 0 saturated heterocycles. The second-order valence-electron chi connectivity index (χ2n) is 7.37. The van der Waals surface area contributed by atoms with Crippen LogP contribution in [0.4, 0.5) is 0 Å². The molecule has 0 aliphatic rings. The Morgan fingerprint density at radius 3 is 1.44 bits per heavy atom. The first-order chi connectivity index (χ1) is 15.8. The van der Waals surface area contributed by atoms with Crippen LogP contribution >= 0.6 is 11.9 Å². The molecule has 4 rings (SSSR count). The molecule has 32 heavy (non-hydrogen) atoms. The Kier molecular flexibility index (Phi) is 7.05. The first-order valence-corrected chi connectivity index (χ1v) is 11.3. The van der Waals surface area contributed by atoms with Gasteiger partial charge < -0.3 is 4.74 Å². The number of carbonyl (C=O) groups excluding carboxylic acids is 1. The molecule has 0 spiro atoms. The summed E-state index contributed by atoms with van der Waals surface area (Å²) in [5.41, 5.74) is 4.21. The van der Waals surface area contributed by atoms with Crippen molar-refractivity contribution in [2.24, 2.45) is 0 Å². The van der Waals surface area contributed by atoms with Crippen LogP contribution < -0.4 is 4.72 Å². The van der Waals surface area contributed by atoms with E-state index in [2.05, 4.69) is 41.1 Å². The van der Waals surface area contributed by atoms with E-state index in [1.54, 1.807) is 0 Å². The summed E-state index contributed by atoms with van der Waals surface area (Å²) in [7, 11) is 1.42. The SMILES string of the molecule is COC(=O)[C@H](NSC(c1ccccc1)(c1ccccc1)c1ccccc1)c1ccccc1. The lowest BCUT2D eigenvalue weighted by atomic mass is 9.84. The summed E-state index contributed by atoms with van der Waals surface area (Å²) in [6.07, 6.45) is 0. The molecule has 3 nitrogen and oxygen atoms in total. The van der Waals surface area contributed by atoms with Crippen molar-refractivity contribution in [2.75, 3.05) is 7.11 Å². The van der Waals surface area contributed by atoms with Gasteiger partial charge in [-0.1, -0.05) is 133 Å². The van der Waals surface area contributed by atoms with E-state index in [-0.39, 0.29) is 5.97 Å². The molecule has 0 amide bonds. The summed E-state index contributed by atoms with van der Waals surface area (Å²) in [5, 5.41) is 0. The van der Waals surface area contributed by atoms with E-state index in [1.807, 2.05) is 84.9 Å². The van der Waals surface area contributed by atoms with Gasteiger partial charge in [0.15, 0.2) is 0 Å². The summed E-state index contributed by atoms with van der Waals surface area (Å²) in [5.74, 6) is -0.327. The average molecular weight is 440 g/mol. The van der Waals surface area contributed by atoms with Crippen molar-refractivity contribution in [3.8, 4) is 0 Å². The Morgan fingerprint density at radius 1 is 0.688 bits per heavy atom. The summed E-state index contributed by atoms with van der Waals surface area (Å²) < 4.78 is 8.02. The predicted molar refractivity (Wildman–Crippen MR) is 131 cm³/mol. The maximum absolute atomic E-state index is 12.7. The first kappa shape index (κ1) is 21.9. The summed E-state index contributed by atoms with van der Waals surface area (Å²) in [6, 6.07) is 40.2. The van der Waals surface area contributed by atoms with E-state index >= 15 is 0 Å². The lowest BCUT2D eigenvalue weighted by molar-refractivity contribution is -0.142. The maximum Gasteiger partial charge on any atom is 0.328 e. The molecule has 0 saturated carbocycles. The third-order valence-corrected chi connectivity index (χ3v) is 6.81. The molecule has 0 unspecified atom stereocenters. The van der Waals surface area contributed by atoms with Crippen molar-refractivity contribution in [3.63, 3.8) is 0 Å². The van der Waals surface area contributed by atoms with Gasteiger partial charge in [0.25, 0.3) is 0 Å². The van der Waals surface area contributed by atoms with Crippen LogP contribution in [0.1, 0.15) is 28.3 Å². The van der Waals surface area contributed by atoms with Gasteiger partial charge in [-0.2, -0.15) is 0 Å². The monoisotopic (exact) mass is 439 g/mol. The van der Waals surface area contributed by atoms with Gasteiger partial charge in [-0.3, -0.25) is 0 Å². The number of rotatable bonds is 8. The molecule has 160 valence electrons. The van der Waals surface area contributed by atoms with E-state index in [9.17, 15) is 4.79 Å². The van der Waals surface area contributed by atoms with Crippen molar-refractivity contribution >= 4 is 17.9 Å². The number of methoxy groups -OCH3 is 1. The molecular formula is C28H25NO2S. The number of nitrogens with one attached hydrogen (secondary N) is 1. The number of esters is 1. The smallest absolute Gasteiger partial charge is 0.328 e. The molecule has 4 aromatic carbocycles. The molecule has 0 heterocycles. The molecule has 4 heteroatoms. The minimum atomic E-state index is -0.610. The Bertz CT molecular complexity index is 1020. The lowest BCUT2D eigenvalue weighted by Crippen LogP contribution is -2.33. The van der Waals surface area contributed by atoms with Crippen molar-refractivity contribution in [2.45, 2.75) is 10.8 Å². The van der Waals surface area contributed by atoms with Gasteiger partial charge in [0.1, 0.15) is 10.8 Å². The van der Waals surface area contributed by atoms with Crippen molar-refractivity contribution in [3.05, 3.63) is 144 Å². The standard InChI is InChI=1S/C28H25NO2S/c1-31-27(30)26(22-14-6-2-7-15-22)29-32-28(23-16-8-3-9-17-23,24-18-10-4-11-19-24)25-20-12-5-13-21-25/h2-21,26,29H,1H3/t26-/m1/s1. The fourth-order valence-corrected chi connectivity index (χ4v) is 5.15. The molecule has 0 aromatic heterocycles.